The zero-order chi connectivity index (χ0) is 28.8. The Morgan fingerprint density at radius 1 is 1.15 bits per heavy atom. The highest BCUT2D eigenvalue weighted by Crippen LogP contribution is 2.30. The molecule has 1 aromatic heterocycles. The van der Waals surface area contributed by atoms with E-state index in [0.29, 0.717) is 53.4 Å². The van der Waals surface area contributed by atoms with Gasteiger partial charge in [0.15, 0.2) is 17.4 Å². The number of aromatic nitrogens is 2. The van der Waals surface area contributed by atoms with Crippen molar-refractivity contribution in [2.45, 2.75) is 58.2 Å². The van der Waals surface area contributed by atoms with E-state index in [9.17, 15) is 22.8 Å². The van der Waals surface area contributed by atoms with Gasteiger partial charge >= 0.3 is 0 Å². The Labute approximate surface area is 236 Å². The first-order chi connectivity index (χ1) is 19.7. The van der Waals surface area contributed by atoms with Crippen LogP contribution < -0.4 is 5.32 Å². The lowest BCUT2D eigenvalue weighted by atomic mass is 9.98. The number of halogens is 3. The van der Waals surface area contributed by atoms with E-state index in [2.05, 4.69) is 27.1 Å². The van der Waals surface area contributed by atoms with Gasteiger partial charge in [0.25, 0.3) is 5.91 Å². The fraction of sp³-hybridized carbons (Fsp3) is 0.387. The highest BCUT2D eigenvalue weighted by molar-refractivity contribution is 6.22. The lowest BCUT2D eigenvalue weighted by Crippen LogP contribution is -2.36. The number of allylic oxidation sites excluding steroid dienone is 3. The third kappa shape index (κ3) is 5.28. The van der Waals surface area contributed by atoms with Gasteiger partial charge in [-0.25, -0.2) is 18.2 Å². The van der Waals surface area contributed by atoms with Crippen molar-refractivity contribution in [3.63, 3.8) is 0 Å². The first-order valence-electron chi connectivity index (χ1n) is 14.1. The SMILES string of the molecule is C[C@@H]1CCCN1CCN1Cc2cc3[nH]c(C4=C(N[C@@H](C)Cc5cc(F)cc(F)c5F)C=CCC4=O)nc3cc2C1=O. The highest BCUT2D eigenvalue weighted by Gasteiger charge is 2.31. The molecule has 2 atom stereocenters. The van der Waals surface area contributed by atoms with Crippen LogP contribution in [0.2, 0.25) is 0 Å². The minimum absolute atomic E-state index is 0.00145. The molecule has 7 nitrogen and oxygen atoms in total. The van der Waals surface area contributed by atoms with Gasteiger partial charge in [-0.3, -0.25) is 14.5 Å². The molecule has 3 heterocycles. The van der Waals surface area contributed by atoms with Crippen LogP contribution in [0.5, 0.6) is 0 Å². The molecule has 2 N–H and O–H groups in total. The fourth-order valence-electron chi connectivity index (χ4n) is 6.16. The lowest BCUT2D eigenvalue weighted by Gasteiger charge is -2.24. The number of Topliss-reactive ketones (excluding diaryl/α,β-unsaturated/α-hetero) is 1. The molecule has 3 aromatic rings. The van der Waals surface area contributed by atoms with Crippen LogP contribution in [0.3, 0.4) is 0 Å². The van der Waals surface area contributed by atoms with E-state index in [1.165, 1.54) is 12.8 Å². The molecular weight excluding hydrogens is 531 g/mol. The second kappa shape index (κ2) is 10.8. The molecule has 1 amide bonds. The number of nitrogens with one attached hydrogen (secondary N) is 2. The molecular formula is C31H32F3N5O2. The number of aromatic amines is 1. The number of nitrogens with zero attached hydrogens (tertiary/aromatic N) is 3. The zero-order valence-electron chi connectivity index (χ0n) is 23.1. The van der Waals surface area contributed by atoms with E-state index in [4.69, 9.17) is 0 Å². The zero-order valence-corrected chi connectivity index (χ0v) is 23.1. The number of amides is 1. The predicted molar refractivity (Wildman–Crippen MR) is 149 cm³/mol. The number of carbonyl (C=O) groups is 2. The minimum atomic E-state index is -1.24. The van der Waals surface area contributed by atoms with E-state index in [-0.39, 0.29) is 30.1 Å². The van der Waals surface area contributed by atoms with Gasteiger partial charge in [-0.1, -0.05) is 6.08 Å². The van der Waals surface area contributed by atoms with Crippen molar-refractivity contribution in [2.75, 3.05) is 19.6 Å². The molecule has 10 heteroatoms. The maximum atomic E-state index is 14.2. The summed E-state index contributed by atoms with van der Waals surface area (Å²) in [6.07, 6.45) is 6.06. The molecule has 3 aliphatic rings. The summed E-state index contributed by atoms with van der Waals surface area (Å²) in [4.78, 5) is 38.5. The van der Waals surface area contributed by atoms with Crippen LogP contribution in [0.1, 0.15) is 60.4 Å². The summed E-state index contributed by atoms with van der Waals surface area (Å²) >= 11 is 0. The number of hydrogen-bond acceptors (Lipinski definition) is 5. The van der Waals surface area contributed by atoms with Gasteiger partial charge < -0.3 is 15.2 Å². The average Bonchev–Trinajstić information content (AvgIpc) is 3.61. The van der Waals surface area contributed by atoms with E-state index in [0.717, 1.165) is 30.2 Å². The smallest absolute Gasteiger partial charge is 0.254 e. The summed E-state index contributed by atoms with van der Waals surface area (Å²) < 4.78 is 41.6. The molecule has 0 radical (unpaired) electrons. The number of fused-ring (bicyclic) bond motifs is 2. The van der Waals surface area contributed by atoms with Crippen LogP contribution in [0.15, 0.2) is 42.1 Å². The van der Waals surface area contributed by atoms with Crippen molar-refractivity contribution in [1.82, 2.24) is 25.1 Å². The second-order valence-electron chi connectivity index (χ2n) is 11.3. The van der Waals surface area contributed by atoms with Crippen molar-refractivity contribution >= 4 is 28.3 Å². The summed E-state index contributed by atoms with van der Waals surface area (Å²) in [5.74, 6) is -2.98. The molecule has 1 saturated heterocycles. The molecule has 2 aromatic carbocycles. The summed E-state index contributed by atoms with van der Waals surface area (Å²) in [5.41, 5.74) is 3.59. The van der Waals surface area contributed by atoms with Gasteiger partial charge in [-0.05, 0) is 75.1 Å². The third-order valence-corrected chi connectivity index (χ3v) is 8.30. The van der Waals surface area contributed by atoms with E-state index in [1.54, 1.807) is 25.1 Å². The topological polar surface area (TPSA) is 81.3 Å². The standard InChI is InChI=1S/C31H32F3N5O2/c1-17(11-19-12-21(32)14-23(33)29(19)34)35-24-6-3-7-27(40)28(24)30-36-25-13-20-16-39(10-9-38-8-4-5-18(38)2)31(41)22(20)15-26(25)37-30/h3,6,12-15,17-18,35H,4-5,7-11,16H2,1-2H3,(H,36,37)/t17-,18+/m0/s1. The molecule has 214 valence electrons. The largest absolute Gasteiger partial charge is 0.382 e. The Hall–Kier alpha value is -3.92. The van der Waals surface area contributed by atoms with Crippen molar-refractivity contribution in [1.29, 1.82) is 0 Å². The van der Waals surface area contributed by atoms with Gasteiger partial charge in [0.1, 0.15) is 11.6 Å². The van der Waals surface area contributed by atoms with Crippen LogP contribution in [-0.4, -0.2) is 63.2 Å². The van der Waals surface area contributed by atoms with Gasteiger partial charge in [0.05, 0.1) is 16.6 Å². The van der Waals surface area contributed by atoms with Crippen molar-refractivity contribution in [3.8, 4) is 0 Å². The number of likely N-dealkylation sites (tertiary alicyclic amines) is 1. The second-order valence-corrected chi connectivity index (χ2v) is 11.3. The summed E-state index contributed by atoms with van der Waals surface area (Å²) in [5, 5.41) is 3.19. The molecule has 1 fully saturated rings. The van der Waals surface area contributed by atoms with Gasteiger partial charge in [0, 0.05) is 55.5 Å². The van der Waals surface area contributed by atoms with Gasteiger partial charge in [-0.15, -0.1) is 0 Å². The quantitative estimate of drug-likeness (QED) is 0.382. The molecule has 0 saturated carbocycles. The predicted octanol–water partition coefficient (Wildman–Crippen LogP) is 4.88. The number of carbonyl (C=O) groups excluding carboxylic acids is 2. The van der Waals surface area contributed by atoms with E-state index in [1.807, 2.05) is 11.0 Å². The summed E-state index contributed by atoms with van der Waals surface area (Å²) in [6, 6.07) is 5.30. The van der Waals surface area contributed by atoms with E-state index >= 15 is 0 Å². The van der Waals surface area contributed by atoms with Crippen molar-refractivity contribution in [3.05, 3.63) is 82.1 Å². The Kier molecular flexibility index (Phi) is 7.19. The number of ketones is 1. The molecule has 41 heavy (non-hydrogen) atoms. The van der Waals surface area contributed by atoms with Crippen molar-refractivity contribution in [2.24, 2.45) is 0 Å². The molecule has 0 unspecified atom stereocenters. The monoisotopic (exact) mass is 563 g/mol. The first kappa shape index (κ1) is 27.3. The molecule has 0 spiro atoms. The maximum Gasteiger partial charge on any atom is 0.254 e. The van der Waals surface area contributed by atoms with Crippen LogP contribution in [0.4, 0.5) is 13.2 Å². The third-order valence-electron chi connectivity index (χ3n) is 8.30. The number of hydrogen-bond donors (Lipinski definition) is 2. The van der Waals surface area contributed by atoms with Gasteiger partial charge in [0.2, 0.25) is 0 Å². The number of imidazole rings is 1. The molecule has 0 bridgehead atoms. The molecule has 2 aliphatic heterocycles. The number of H-pyrrole nitrogens is 1. The lowest BCUT2D eigenvalue weighted by molar-refractivity contribution is -0.113. The summed E-state index contributed by atoms with van der Waals surface area (Å²) in [7, 11) is 0. The van der Waals surface area contributed by atoms with Crippen LogP contribution >= 0.6 is 0 Å². The number of rotatable bonds is 8. The Bertz CT molecular complexity index is 1610. The summed E-state index contributed by atoms with van der Waals surface area (Å²) in [6.45, 7) is 7.12. The molecule has 1 aliphatic carbocycles. The van der Waals surface area contributed by atoms with E-state index < -0.39 is 23.5 Å². The molecule has 6 rings (SSSR count). The average molecular weight is 564 g/mol. The Balaban J connectivity index is 1.23. The van der Waals surface area contributed by atoms with Crippen molar-refractivity contribution < 1.29 is 22.8 Å². The van der Waals surface area contributed by atoms with Crippen LogP contribution in [0.25, 0.3) is 16.6 Å². The maximum absolute atomic E-state index is 14.2. The Morgan fingerprint density at radius 3 is 2.76 bits per heavy atom. The van der Waals surface area contributed by atoms with Crippen LogP contribution in [0, 0.1) is 17.5 Å². The minimum Gasteiger partial charge on any atom is -0.382 e. The van der Waals surface area contributed by atoms with Crippen LogP contribution in [-0.2, 0) is 17.8 Å². The fourth-order valence-corrected chi connectivity index (χ4v) is 6.16. The first-order valence-corrected chi connectivity index (χ1v) is 14.1. The Morgan fingerprint density at radius 2 is 1.98 bits per heavy atom. The highest BCUT2D eigenvalue weighted by atomic mass is 19.2. The van der Waals surface area contributed by atoms with Gasteiger partial charge in [-0.2, -0.15) is 0 Å². The number of benzene rings is 2. The normalized spacial score (nSPS) is 20.0.